The Labute approximate surface area is 95.9 Å². The lowest BCUT2D eigenvalue weighted by Crippen LogP contribution is -2.39. The van der Waals surface area contributed by atoms with E-state index in [1.54, 1.807) is 0 Å². The Bertz CT molecular complexity index is 353. The van der Waals surface area contributed by atoms with Crippen LogP contribution in [-0.4, -0.2) is 50.6 Å². The van der Waals surface area contributed by atoms with E-state index in [1.807, 2.05) is 0 Å². The molecule has 0 saturated carbocycles. The Balaban J connectivity index is 4.57. The van der Waals surface area contributed by atoms with Crippen LogP contribution in [-0.2, 0) is 19.6 Å². The van der Waals surface area contributed by atoms with E-state index in [4.69, 9.17) is 4.55 Å². The first-order chi connectivity index (χ1) is 7.56. The highest BCUT2D eigenvalue weighted by Gasteiger charge is 2.45. The molecule has 1 unspecified atom stereocenters. The highest BCUT2D eigenvalue weighted by Crippen LogP contribution is 2.24. The molecule has 0 aliphatic rings. The van der Waals surface area contributed by atoms with Crippen LogP contribution in [0.3, 0.4) is 0 Å². The molecule has 17 heavy (non-hydrogen) atoms. The number of carbonyl (C=O) groups excluding carboxylic acids is 1. The van der Waals surface area contributed by atoms with E-state index in [0.29, 0.717) is 0 Å². The molecular weight excluding hydrogens is 267 g/mol. The van der Waals surface area contributed by atoms with Gasteiger partial charge in [-0.2, -0.15) is 21.6 Å². The fourth-order valence-corrected chi connectivity index (χ4v) is 1.47. The molecule has 0 aromatic carbocycles. The van der Waals surface area contributed by atoms with Gasteiger partial charge in [0.2, 0.25) is 6.10 Å². The van der Waals surface area contributed by atoms with Crippen molar-refractivity contribution >= 4 is 16.1 Å². The summed E-state index contributed by atoms with van der Waals surface area (Å²) in [5.41, 5.74) is 0. The van der Waals surface area contributed by atoms with E-state index in [9.17, 15) is 26.4 Å². The first kappa shape index (κ1) is 16.1. The van der Waals surface area contributed by atoms with Crippen LogP contribution in [0.5, 0.6) is 0 Å². The third-order valence-electron chi connectivity index (χ3n) is 1.58. The van der Waals surface area contributed by atoms with Gasteiger partial charge in [-0.25, -0.2) is 0 Å². The normalized spacial score (nSPS) is 14.4. The van der Waals surface area contributed by atoms with Crippen molar-refractivity contribution in [3.63, 3.8) is 0 Å². The number of rotatable bonds is 6. The van der Waals surface area contributed by atoms with Crippen molar-refractivity contribution in [3.05, 3.63) is 0 Å². The van der Waals surface area contributed by atoms with Gasteiger partial charge in [-0.1, -0.05) is 0 Å². The Kier molecular flexibility index (Phi) is 5.85. The molecular formula is C7H12F3NO5S. The number of ether oxygens (including phenoxy) is 1. The maximum absolute atomic E-state index is 12.3. The van der Waals surface area contributed by atoms with Gasteiger partial charge in [-0.15, -0.1) is 0 Å². The summed E-state index contributed by atoms with van der Waals surface area (Å²) < 4.78 is 69.7. The summed E-state index contributed by atoms with van der Waals surface area (Å²) in [4.78, 5) is 10.9. The average Bonchev–Trinajstić information content (AvgIpc) is 2.10. The second kappa shape index (κ2) is 6.17. The summed E-state index contributed by atoms with van der Waals surface area (Å²) >= 11 is 0. The smallest absolute Gasteiger partial charge is 0.426 e. The van der Waals surface area contributed by atoms with E-state index in [1.165, 1.54) is 7.05 Å². The lowest BCUT2D eigenvalue weighted by Gasteiger charge is -2.19. The van der Waals surface area contributed by atoms with Crippen LogP contribution in [0, 0.1) is 0 Å². The predicted octanol–water partition coefficient (Wildman–Crippen LogP) is -0.0422. The van der Waals surface area contributed by atoms with Gasteiger partial charge < -0.3 is 10.1 Å². The number of nitrogens with one attached hydrogen (secondary N) is 1. The van der Waals surface area contributed by atoms with Crippen molar-refractivity contribution in [2.45, 2.75) is 18.7 Å². The Morgan fingerprint density at radius 2 is 2.00 bits per heavy atom. The van der Waals surface area contributed by atoms with E-state index in [2.05, 4.69) is 10.1 Å². The van der Waals surface area contributed by atoms with Crippen molar-refractivity contribution in [1.82, 2.24) is 5.32 Å². The summed E-state index contributed by atoms with van der Waals surface area (Å²) in [6, 6.07) is 0. The van der Waals surface area contributed by atoms with Crippen LogP contribution in [0.25, 0.3) is 0 Å². The van der Waals surface area contributed by atoms with Crippen molar-refractivity contribution in [3.8, 4) is 0 Å². The topological polar surface area (TPSA) is 92.7 Å². The van der Waals surface area contributed by atoms with Crippen molar-refractivity contribution in [1.29, 1.82) is 0 Å². The summed E-state index contributed by atoms with van der Waals surface area (Å²) in [6.07, 6.45) is -8.25. The number of carbonyl (C=O) groups is 1. The molecule has 0 heterocycles. The maximum Gasteiger partial charge on any atom is 0.426 e. The second-order valence-electron chi connectivity index (χ2n) is 3.12. The van der Waals surface area contributed by atoms with Crippen LogP contribution < -0.4 is 5.32 Å². The highest BCUT2D eigenvalue weighted by atomic mass is 32.2. The van der Waals surface area contributed by atoms with E-state index in [0.717, 1.165) is 0 Å². The molecule has 0 fully saturated rings. The molecule has 0 aliphatic heterocycles. The van der Waals surface area contributed by atoms with Crippen molar-refractivity contribution < 1.29 is 35.7 Å². The lowest BCUT2D eigenvalue weighted by atomic mass is 10.4. The van der Waals surface area contributed by atoms with Crippen LogP contribution >= 0.6 is 0 Å². The molecule has 0 aliphatic carbocycles. The van der Waals surface area contributed by atoms with Crippen molar-refractivity contribution in [2.75, 3.05) is 19.3 Å². The number of hydrogen-bond acceptors (Lipinski definition) is 5. The summed E-state index contributed by atoms with van der Waals surface area (Å²) in [5.74, 6) is -2.91. The largest absolute Gasteiger partial charge is 0.451 e. The quantitative estimate of drug-likeness (QED) is 0.523. The van der Waals surface area contributed by atoms with Gasteiger partial charge in [0.05, 0.1) is 6.42 Å². The zero-order chi connectivity index (χ0) is 13.7. The van der Waals surface area contributed by atoms with Crippen molar-refractivity contribution in [2.24, 2.45) is 0 Å². The minimum absolute atomic E-state index is 0.0925. The Morgan fingerprint density at radius 3 is 2.35 bits per heavy atom. The zero-order valence-corrected chi connectivity index (χ0v) is 9.64. The molecule has 10 heteroatoms. The van der Waals surface area contributed by atoms with Crippen LogP contribution in [0.2, 0.25) is 0 Å². The van der Waals surface area contributed by atoms with Crippen LogP contribution in [0.1, 0.15) is 6.42 Å². The third kappa shape index (κ3) is 7.94. The molecule has 0 aromatic heterocycles. The van der Waals surface area contributed by atoms with Gasteiger partial charge in [0.25, 0.3) is 10.1 Å². The fourth-order valence-electron chi connectivity index (χ4n) is 0.831. The number of halogens is 3. The fraction of sp³-hybridized carbons (Fsp3) is 0.857. The molecule has 0 aromatic rings. The third-order valence-corrected chi connectivity index (χ3v) is 2.30. The molecule has 0 amide bonds. The zero-order valence-electron chi connectivity index (χ0n) is 8.82. The molecule has 0 spiro atoms. The molecule has 0 radical (unpaired) electrons. The SMILES string of the molecule is CNCCC(=O)OC(CS(=O)(=O)O)C(F)(F)F. The van der Waals surface area contributed by atoms with E-state index in [-0.39, 0.29) is 13.0 Å². The number of esters is 1. The minimum Gasteiger partial charge on any atom is -0.451 e. The molecule has 1 atom stereocenters. The standard InChI is InChI=1S/C7H12F3NO5S/c1-11-3-2-6(12)16-5(7(8,9)10)4-17(13,14)15/h5,11H,2-4H2,1H3,(H,13,14,15). The molecule has 0 rings (SSSR count). The first-order valence-electron chi connectivity index (χ1n) is 4.42. The van der Waals surface area contributed by atoms with Gasteiger partial charge in [0.1, 0.15) is 5.75 Å². The average molecular weight is 279 g/mol. The molecule has 2 N–H and O–H groups in total. The molecule has 0 bridgehead atoms. The molecule has 0 saturated heterocycles. The van der Waals surface area contributed by atoms with Gasteiger partial charge in [-0.05, 0) is 7.05 Å². The highest BCUT2D eigenvalue weighted by molar-refractivity contribution is 7.85. The van der Waals surface area contributed by atoms with Gasteiger partial charge in [0.15, 0.2) is 0 Å². The first-order valence-corrected chi connectivity index (χ1v) is 6.03. The van der Waals surface area contributed by atoms with E-state index >= 15 is 0 Å². The predicted molar refractivity (Wildman–Crippen MR) is 50.9 cm³/mol. The maximum atomic E-state index is 12.3. The molecule has 6 nitrogen and oxygen atoms in total. The van der Waals surface area contributed by atoms with Crippen LogP contribution in [0.4, 0.5) is 13.2 Å². The second-order valence-corrected chi connectivity index (χ2v) is 4.62. The van der Waals surface area contributed by atoms with Gasteiger partial charge in [0, 0.05) is 6.54 Å². The Hall–Kier alpha value is -0.870. The Morgan fingerprint density at radius 1 is 1.47 bits per heavy atom. The summed E-state index contributed by atoms with van der Waals surface area (Å²) in [6.45, 7) is 0.0925. The minimum atomic E-state index is -5.05. The van der Waals surface area contributed by atoms with Gasteiger partial charge >= 0.3 is 12.1 Å². The number of alkyl halides is 3. The monoisotopic (exact) mass is 279 g/mol. The van der Waals surface area contributed by atoms with E-state index < -0.39 is 34.1 Å². The summed E-state index contributed by atoms with van der Waals surface area (Å²) in [5, 5.41) is 2.51. The number of hydrogen-bond donors (Lipinski definition) is 2. The molecule has 102 valence electrons. The van der Waals surface area contributed by atoms with Gasteiger partial charge in [-0.3, -0.25) is 9.35 Å². The van der Waals surface area contributed by atoms with Crippen LogP contribution in [0.15, 0.2) is 0 Å². The summed E-state index contributed by atoms with van der Waals surface area (Å²) in [7, 11) is -3.41. The lowest BCUT2D eigenvalue weighted by molar-refractivity contribution is -0.215.